The van der Waals surface area contributed by atoms with Gasteiger partial charge in [-0.3, -0.25) is 0 Å². The summed E-state index contributed by atoms with van der Waals surface area (Å²) in [6.07, 6.45) is 5.85. The standard InChI is InChI=1S/C11H22N2/c1-10(2,12)7-13-8-11(9-13)5-3-4-6-11/h3-9,12H2,1-2H3. The molecule has 2 rings (SSSR count). The molecule has 1 aliphatic carbocycles. The molecule has 13 heavy (non-hydrogen) atoms. The van der Waals surface area contributed by atoms with Crippen LogP contribution in [0.3, 0.4) is 0 Å². The van der Waals surface area contributed by atoms with E-state index in [4.69, 9.17) is 5.73 Å². The highest BCUT2D eigenvalue weighted by Crippen LogP contribution is 2.45. The maximum absolute atomic E-state index is 5.99. The maximum atomic E-state index is 5.99. The summed E-state index contributed by atoms with van der Waals surface area (Å²) in [7, 11) is 0. The van der Waals surface area contributed by atoms with Crippen molar-refractivity contribution in [3.8, 4) is 0 Å². The van der Waals surface area contributed by atoms with Crippen LogP contribution in [0.1, 0.15) is 39.5 Å². The molecule has 1 heterocycles. The summed E-state index contributed by atoms with van der Waals surface area (Å²) < 4.78 is 0. The van der Waals surface area contributed by atoms with Gasteiger partial charge in [0.2, 0.25) is 0 Å². The third-order valence-electron chi connectivity index (χ3n) is 3.41. The smallest absolute Gasteiger partial charge is 0.0226 e. The predicted octanol–water partition coefficient (Wildman–Crippen LogP) is 1.60. The van der Waals surface area contributed by atoms with Crippen molar-refractivity contribution in [1.29, 1.82) is 0 Å². The zero-order chi connectivity index (χ0) is 9.53. The first kappa shape index (κ1) is 9.47. The Morgan fingerprint density at radius 3 is 2.23 bits per heavy atom. The van der Waals surface area contributed by atoms with Crippen molar-refractivity contribution in [3.63, 3.8) is 0 Å². The Kier molecular flexibility index (Phi) is 2.16. The molecule has 0 bridgehead atoms. The van der Waals surface area contributed by atoms with Crippen LogP contribution in [0.4, 0.5) is 0 Å². The average molecular weight is 182 g/mol. The molecule has 1 saturated carbocycles. The second-order valence-electron chi connectivity index (χ2n) is 5.84. The maximum Gasteiger partial charge on any atom is 0.0226 e. The first-order valence-electron chi connectivity index (χ1n) is 5.51. The van der Waals surface area contributed by atoms with Crippen LogP contribution >= 0.6 is 0 Å². The van der Waals surface area contributed by atoms with Crippen LogP contribution in [0.25, 0.3) is 0 Å². The highest BCUT2D eigenvalue weighted by atomic mass is 15.2. The fraction of sp³-hybridized carbons (Fsp3) is 1.00. The van der Waals surface area contributed by atoms with Crippen molar-refractivity contribution in [2.24, 2.45) is 11.1 Å². The molecule has 2 fully saturated rings. The van der Waals surface area contributed by atoms with Crippen LogP contribution in [-0.2, 0) is 0 Å². The molecule has 0 amide bonds. The number of hydrogen-bond donors (Lipinski definition) is 1. The van der Waals surface area contributed by atoms with Gasteiger partial charge in [0.05, 0.1) is 0 Å². The van der Waals surface area contributed by atoms with E-state index in [2.05, 4.69) is 18.7 Å². The third kappa shape index (κ3) is 2.05. The van der Waals surface area contributed by atoms with E-state index in [0.29, 0.717) is 0 Å². The normalized spacial score (nSPS) is 27.9. The van der Waals surface area contributed by atoms with Gasteiger partial charge in [0.15, 0.2) is 0 Å². The van der Waals surface area contributed by atoms with Crippen LogP contribution in [0.2, 0.25) is 0 Å². The summed E-state index contributed by atoms with van der Waals surface area (Å²) in [6.45, 7) is 7.93. The first-order chi connectivity index (χ1) is 5.99. The molecule has 2 N–H and O–H groups in total. The van der Waals surface area contributed by atoms with Crippen molar-refractivity contribution in [2.45, 2.75) is 45.1 Å². The van der Waals surface area contributed by atoms with Gasteiger partial charge in [0, 0.05) is 25.2 Å². The monoisotopic (exact) mass is 182 g/mol. The van der Waals surface area contributed by atoms with Gasteiger partial charge in [0.25, 0.3) is 0 Å². The molecule has 0 radical (unpaired) electrons. The van der Waals surface area contributed by atoms with Crippen LogP contribution in [-0.4, -0.2) is 30.1 Å². The first-order valence-corrected chi connectivity index (χ1v) is 5.51. The lowest BCUT2D eigenvalue weighted by atomic mass is 9.77. The summed E-state index contributed by atoms with van der Waals surface area (Å²) >= 11 is 0. The zero-order valence-electron chi connectivity index (χ0n) is 8.97. The number of rotatable bonds is 2. The van der Waals surface area contributed by atoms with Crippen molar-refractivity contribution in [1.82, 2.24) is 4.90 Å². The third-order valence-corrected chi connectivity index (χ3v) is 3.41. The summed E-state index contributed by atoms with van der Waals surface area (Å²) in [5.74, 6) is 0. The predicted molar refractivity (Wildman–Crippen MR) is 55.6 cm³/mol. The van der Waals surface area contributed by atoms with E-state index in [1.54, 1.807) is 0 Å². The molecular formula is C11H22N2. The van der Waals surface area contributed by atoms with Gasteiger partial charge in [-0.15, -0.1) is 0 Å². The van der Waals surface area contributed by atoms with Crippen molar-refractivity contribution in [2.75, 3.05) is 19.6 Å². The molecule has 76 valence electrons. The van der Waals surface area contributed by atoms with E-state index in [0.717, 1.165) is 12.0 Å². The molecule has 2 aliphatic rings. The van der Waals surface area contributed by atoms with Crippen LogP contribution < -0.4 is 5.73 Å². The summed E-state index contributed by atoms with van der Waals surface area (Å²) in [6, 6.07) is 0. The quantitative estimate of drug-likeness (QED) is 0.703. The van der Waals surface area contributed by atoms with Gasteiger partial charge in [-0.25, -0.2) is 0 Å². The Labute approximate surface area is 81.5 Å². The van der Waals surface area contributed by atoms with Gasteiger partial charge in [-0.05, 0) is 32.1 Å². The molecule has 0 aromatic rings. The van der Waals surface area contributed by atoms with Gasteiger partial charge < -0.3 is 10.6 Å². The van der Waals surface area contributed by atoms with Crippen molar-refractivity contribution in [3.05, 3.63) is 0 Å². The highest BCUT2D eigenvalue weighted by molar-refractivity contribution is 4.99. The molecule has 0 unspecified atom stereocenters. The van der Waals surface area contributed by atoms with Crippen LogP contribution in [0.15, 0.2) is 0 Å². The minimum Gasteiger partial charge on any atom is -0.324 e. The van der Waals surface area contributed by atoms with E-state index in [1.807, 2.05) is 0 Å². The number of nitrogens with zero attached hydrogens (tertiary/aromatic N) is 1. The average Bonchev–Trinajstić information content (AvgIpc) is 2.30. The molecular weight excluding hydrogens is 160 g/mol. The van der Waals surface area contributed by atoms with E-state index in [9.17, 15) is 0 Å². The lowest BCUT2D eigenvalue weighted by Crippen LogP contribution is -2.59. The molecule has 1 spiro atoms. The zero-order valence-corrected chi connectivity index (χ0v) is 8.97. The van der Waals surface area contributed by atoms with Crippen molar-refractivity contribution >= 4 is 0 Å². The second-order valence-corrected chi connectivity index (χ2v) is 5.84. The topological polar surface area (TPSA) is 29.3 Å². The van der Waals surface area contributed by atoms with E-state index < -0.39 is 0 Å². The molecule has 1 aliphatic heterocycles. The Hall–Kier alpha value is -0.0800. The molecule has 0 aromatic carbocycles. The molecule has 2 nitrogen and oxygen atoms in total. The van der Waals surface area contributed by atoms with Gasteiger partial charge >= 0.3 is 0 Å². The highest BCUT2D eigenvalue weighted by Gasteiger charge is 2.45. The molecule has 0 aromatic heterocycles. The molecule has 0 atom stereocenters. The second kappa shape index (κ2) is 2.96. The summed E-state index contributed by atoms with van der Waals surface area (Å²) in [5.41, 5.74) is 6.71. The van der Waals surface area contributed by atoms with Gasteiger partial charge in [-0.1, -0.05) is 12.8 Å². The Bertz CT molecular complexity index is 179. The van der Waals surface area contributed by atoms with E-state index >= 15 is 0 Å². The lowest BCUT2D eigenvalue weighted by molar-refractivity contribution is -0.00533. The van der Waals surface area contributed by atoms with Crippen LogP contribution in [0, 0.1) is 5.41 Å². The molecule has 1 saturated heterocycles. The van der Waals surface area contributed by atoms with Gasteiger partial charge in [-0.2, -0.15) is 0 Å². The Morgan fingerprint density at radius 2 is 1.77 bits per heavy atom. The lowest BCUT2D eigenvalue weighted by Gasteiger charge is -2.50. The fourth-order valence-electron chi connectivity index (χ4n) is 3.03. The van der Waals surface area contributed by atoms with Crippen molar-refractivity contribution < 1.29 is 0 Å². The van der Waals surface area contributed by atoms with E-state index in [1.165, 1.54) is 38.8 Å². The summed E-state index contributed by atoms with van der Waals surface area (Å²) in [5, 5.41) is 0. The Morgan fingerprint density at radius 1 is 1.23 bits per heavy atom. The SMILES string of the molecule is CC(C)(N)CN1CC2(CCCC2)C1. The minimum absolute atomic E-state index is 0.0137. The largest absolute Gasteiger partial charge is 0.324 e. The number of likely N-dealkylation sites (tertiary alicyclic amines) is 1. The number of nitrogens with two attached hydrogens (primary N) is 1. The fourth-order valence-corrected chi connectivity index (χ4v) is 3.03. The minimum atomic E-state index is -0.0137. The van der Waals surface area contributed by atoms with Gasteiger partial charge in [0.1, 0.15) is 0 Å². The summed E-state index contributed by atoms with van der Waals surface area (Å²) in [4.78, 5) is 2.52. The van der Waals surface area contributed by atoms with Crippen LogP contribution in [0.5, 0.6) is 0 Å². The van der Waals surface area contributed by atoms with E-state index in [-0.39, 0.29) is 5.54 Å². The number of hydrogen-bond acceptors (Lipinski definition) is 2. The molecule has 2 heteroatoms. The Balaban J connectivity index is 1.78.